The molecule has 1 aliphatic heterocycles. The molecule has 0 saturated heterocycles. The predicted octanol–water partition coefficient (Wildman–Crippen LogP) is 9.15. The molecule has 4 rings (SSSR count). The Balaban J connectivity index is 1.87. The molecule has 33 heavy (non-hydrogen) atoms. The third-order valence-electron chi connectivity index (χ3n) is 7.14. The van der Waals surface area contributed by atoms with Crippen LogP contribution in [-0.4, -0.2) is 6.16 Å². The highest BCUT2D eigenvalue weighted by molar-refractivity contribution is 7.48. The van der Waals surface area contributed by atoms with Crippen molar-refractivity contribution in [3.63, 3.8) is 0 Å². The summed E-state index contributed by atoms with van der Waals surface area (Å²) in [7, 11) is -1.06. The van der Waals surface area contributed by atoms with Crippen molar-refractivity contribution in [3.05, 3.63) is 57.6 Å². The number of benzene rings is 2. The Morgan fingerprint density at radius 1 is 0.727 bits per heavy atom. The lowest BCUT2D eigenvalue weighted by molar-refractivity contribution is 0.370. The summed E-state index contributed by atoms with van der Waals surface area (Å²) in [5.74, 6) is 2.88. The first-order chi connectivity index (χ1) is 15.4. The molecule has 2 aromatic carbocycles. The van der Waals surface area contributed by atoms with Gasteiger partial charge in [-0.1, -0.05) is 96.2 Å². The SMILES string of the molecule is Cc1cc2c(c(C(C)(C)C)c1)OP(CC1CCCCC1)Oc1c(cc(C)cc1C(C)(C)C)C2. The van der Waals surface area contributed by atoms with Crippen LogP contribution >= 0.6 is 8.38 Å². The van der Waals surface area contributed by atoms with Crippen LogP contribution in [0.15, 0.2) is 24.3 Å². The smallest absolute Gasteiger partial charge is 0.290 e. The van der Waals surface area contributed by atoms with Crippen molar-refractivity contribution in [2.24, 2.45) is 5.92 Å². The van der Waals surface area contributed by atoms with Crippen LogP contribution < -0.4 is 9.05 Å². The van der Waals surface area contributed by atoms with Gasteiger partial charge in [0.05, 0.1) is 0 Å². The molecule has 180 valence electrons. The Hall–Kier alpha value is -1.53. The van der Waals surface area contributed by atoms with Crippen LogP contribution in [0.1, 0.15) is 107 Å². The molecular formula is C30H43O2P. The van der Waals surface area contributed by atoms with E-state index in [1.165, 1.54) is 65.5 Å². The summed E-state index contributed by atoms with van der Waals surface area (Å²) in [6, 6.07) is 9.33. The molecule has 0 radical (unpaired) electrons. The summed E-state index contributed by atoms with van der Waals surface area (Å²) >= 11 is 0. The molecule has 2 nitrogen and oxygen atoms in total. The largest absolute Gasteiger partial charge is 0.438 e. The van der Waals surface area contributed by atoms with Crippen LogP contribution in [0.3, 0.4) is 0 Å². The molecule has 0 unspecified atom stereocenters. The molecule has 0 spiro atoms. The molecule has 2 aliphatic rings. The lowest BCUT2D eigenvalue weighted by atomic mass is 9.81. The van der Waals surface area contributed by atoms with Crippen LogP contribution in [0.5, 0.6) is 11.5 Å². The molecular weight excluding hydrogens is 423 g/mol. The van der Waals surface area contributed by atoms with Gasteiger partial charge in [-0.15, -0.1) is 0 Å². The number of hydrogen-bond donors (Lipinski definition) is 0. The fraction of sp³-hybridized carbons (Fsp3) is 0.600. The van der Waals surface area contributed by atoms with Crippen molar-refractivity contribution < 1.29 is 9.05 Å². The van der Waals surface area contributed by atoms with E-state index < -0.39 is 8.38 Å². The highest BCUT2D eigenvalue weighted by Crippen LogP contribution is 2.53. The lowest BCUT2D eigenvalue weighted by Crippen LogP contribution is -2.21. The van der Waals surface area contributed by atoms with E-state index in [0.717, 1.165) is 24.1 Å². The van der Waals surface area contributed by atoms with E-state index in [-0.39, 0.29) is 10.8 Å². The van der Waals surface area contributed by atoms with Crippen molar-refractivity contribution in [3.8, 4) is 11.5 Å². The van der Waals surface area contributed by atoms with Crippen molar-refractivity contribution in [1.29, 1.82) is 0 Å². The number of rotatable bonds is 2. The molecule has 0 aromatic heterocycles. The van der Waals surface area contributed by atoms with Crippen molar-refractivity contribution in [1.82, 2.24) is 0 Å². The highest BCUT2D eigenvalue weighted by Gasteiger charge is 2.33. The summed E-state index contributed by atoms with van der Waals surface area (Å²) < 4.78 is 13.9. The van der Waals surface area contributed by atoms with Gasteiger partial charge in [0.1, 0.15) is 11.5 Å². The van der Waals surface area contributed by atoms with Crippen molar-refractivity contribution >= 4 is 8.38 Å². The van der Waals surface area contributed by atoms with Gasteiger partial charge in [-0.25, -0.2) is 0 Å². The minimum absolute atomic E-state index is 0.0210. The standard InChI is InChI=1S/C30H43O2P/c1-20-14-23-18-24-15-21(2)17-26(30(6,7)8)28(24)32-33(19-22-12-10-9-11-13-22)31-27(23)25(16-20)29(3,4)5/h14-17,22H,9-13,18-19H2,1-8H3. The zero-order chi connectivity index (χ0) is 24.0. The van der Waals surface area contributed by atoms with E-state index >= 15 is 0 Å². The second kappa shape index (κ2) is 9.26. The van der Waals surface area contributed by atoms with Gasteiger partial charge in [-0.05, 0) is 54.6 Å². The number of hydrogen-bond acceptors (Lipinski definition) is 2. The van der Waals surface area contributed by atoms with Gasteiger partial charge in [0.25, 0.3) is 8.38 Å². The number of aryl methyl sites for hydroxylation is 2. The average Bonchev–Trinajstić information content (AvgIpc) is 2.69. The van der Waals surface area contributed by atoms with Gasteiger partial charge in [-0.2, -0.15) is 0 Å². The van der Waals surface area contributed by atoms with Gasteiger partial charge in [0.15, 0.2) is 0 Å². The Morgan fingerprint density at radius 3 is 1.61 bits per heavy atom. The molecule has 0 amide bonds. The maximum Gasteiger partial charge on any atom is 0.290 e. The van der Waals surface area contributed by atoms with Crippen LogP contribution in [0.25, 0.3) is 0 Å². The Labute approximate surface area is 203 Å². The lowest BCUT2D eigenvalue weighted by Gasteiger charge is -2.34. The van der Waals surface area contributed by atoms with E-state index in [9.17, 15) is 0 Å². The van der Waals surface area contributed by atoms with Gasteiger partial charge in [-0.3, -0.25) is 0 Å². The fourth-order valence-electron chi connectivity index (χ4n) is 5.37. The van der Waals surface area contributed by atoms with Gasteiger partial charge < -0.3 is 9.05 Å². The summed E-state index contributed by atoms with van der Waals surface area (Å²) in [4.78, 5) is 0. The summed E-state index contributed by atoms with van der Waals surface area (Å²) in [5, 5.41) is 0. The van der Waals surface area contributed by atoms with Crippen molar-refractivity contribution in [2.45, 2.75) is 105 Å². The predicted molar refractivity (Wildman–Crippen MR) is 142 cm³/mol. The summed E-state index contributed by atoms with van der Waals surface area (Å²) in [5.41, 5.74) is 7.91. The van der Waals surface area contributed by atoms with E-state index in [4.69, 9.17) is 9.05 Å². The minimum Gasteiger partial charge on any atom is -0.438 e. The van der Waals surface area contributed by atoms with Crippen LogP contribution in [-0.2, 0) is 17.3 Å². The molecule has 0 N–H and O–H groups in total. The maximum absolute atomic E-state index is 6.95. The topological polar surface area (TPSA) is 18.5 Å². The van der Waals surface area contributed by atoms with Crippen molar-refractivity contribution in [2.75, 3.05) is 6.16 Å². The zero-order valence-corrected chi connectivity index (χ0v) is 23.0. The third kappa shape index (κ3) is 5.59. The number of fused-ring (bicyclic) bond motifs is 2. The summed E-state index contributed by atoms with van der Waals surface area (Å²) in [6.45, 7) is 18.2. The molecule has 3 heteroatoms. The monoisotopic (exact) mass is 466 g/mol. The Bertz CT molecular complexity index is 932. The molecule has 2 aromatic rings. The van der Waals surface area contributed by atoms with E-state index in [1.807, 2.05) is 0 Å². The van der Waals surface area contributed by atoms with E-state index in [2.05, 4.69) is 79.7 Å². The quantitative estimate of drug-likeness (QED) is 0.411. The molecule has 0 atom stereocenters. The molecule has 1 fully saturated rings. The fourth-order valence-corrected chi connectivity index (χ4v) is 7.18. The van der Waals surface area contributed by atoms with Crippen LogP contribution in [0.2, 0.25) is 0 Å². The molecule has 1 saturated carbocycles. The molecule has 0 bridgehead atoms. The normalized spacial score (nSPS) is 17.9. The Morgan fingerprint density at radius 2 is 1.18 bits per heavy atom. The first-order valence-corrected chi connectivity index (χ1v) is 14.2. The second-order valence-corrected chi connectivity index (χ2v) is 13.9. The molecule has 1 aliphatic carbocycles. The van der Waals surface area contributed by atoms with Crippen LogP contribution in [0.4, 0.5) is 0 Å². The van der Waals surface area contributed by atoms with E-state index in [1.54, 1.807) is 0 Å². The second-order valence-electron chi connectivity index (χ2n) is 12.5. The first kappa shape index (κ1) is 24.6. The third-order valence-corrected chi connectivity index (χ3v) is 8.72. The molecule has 1 heterocycles. The minimum atomic E-state index is -1.06. The van der Waals surface area contributed by atoms with Gasteiger partial charge in [0.2, 0.25) is 0 Å². The highest BCUT2D eigenvalue weighted by atomic mass is 31.2. The van der Waals surface area contributed by atoms with Crippen LogP contribution in [0, 0.1) is 19.8 Å². The summed E-state index contributed by atoms with van der Waals surface area (Å²) in [6.07, 6.45) is 8.58. The first-order valence-electron chi connectivity index (χ1n) is 12.8. The Kier molecular flexibility index (Phi) is 6.90. The van der Waals surface area contributed by atoms with Gasteiger partial charge in [0, 0.05) is 23.7 Å². The average molecular weight is 467 g/mol. The van der Waals surface area contributed by atoms with Gasteiger partial charge >= 0.3 is 0 Å². The zero-order valence-electron chi connectivity index (χ0n) is 22.1. The van der Waals surface area contributed by atoms with E-state index in [0.29, 0.717) is 5.92 Å². The maximum atomic E-state index is 6.95.